The Balaban J connectivity index is 1.82. The van der Waals surface area contributed by atoms with Gasteiger partial charge in [0.25, 0.3) is 0 Å². The molecule has 2 aromatic rings. The minimum atomic E-state index is -1.05. The Labute approximate surface area is 156 Å². The second kappa shape index (κ2) is 7.51. The van der Waals surface area contributed by atoms with Gasteiger partial charge in [0.15, 0.2) is 0 Å². The number of furan rings is 1. The topological polar surface area (TPSA) is 88.8 Å². The maximum absolute atomic E-state index is 13.1. The Kier molecular flexibility index (Phi) is 5.34. The Morgan fingerprint density at radius 2 is 1.96 bits per heavy atom. The van der Waals surface area contributed by atoms with E-state index >= 15 is 0 Å². The van der Waals surface area contributed by atoms with Gasteiger partial charge in [0, 0.05) is 18.2 Å². The van der Waals surface area contributed by atoms with Crippen LogP contribution in [0.5, 0.6) is 0 Å². The molecule has 1 fully saturated rings. The Morgan fingerprint density at radius 3 is 2.58 bits per heavy atom. The average Bonchev–Trinajstić information content (AvgIpc) is 3.01. The van der Waals surface area contributed by atoms with E-state index in [0.717, 1.165) is 5.56 Å². The van der Waals surface area contributed by atoms with Crippen molar-refractivity contribution < 1.29 is 23.8 Å². The van der Waals surface area contributed by atoms with Crippen LogP contribution in [0.1, 0.15) is 40.3 Å². The lowest BCUT2D eigenvalue weighted by molar-refractivity contribution is -0.130. The highest BCUT2D eigenvalue weighted by Gasteiger charge is 2.42. The van der Waals surface area contributed by atoms with E-state index in [1.54, 1.807) is 13.0 Å². The van der Waals surface area contributed by atoms with Gasteiger partial charge in [-0.15, -0.1) is 0 Å². The van der Waals surface area contributed by atoms with E-state index in [2.05, 4.69) is 5.32 Å². The van der Waals surface area contributed by atoms with Crippen LogP contribution >= 0.6 is 11.6 Å². The zero-order chi connectivity index (χ0) is 18.7. The van der Waals surface area contributed by atoms with Gasteiger partial charge in [-0.25, -0.2) is 4.79 Å². The van der Waals surface area contributed by atoms with E-state index in [1.165, 1.54) is 6.07 Å². The number of hydrogen-bond donors (Lipinski definition) is 2. The molecule has 0 radical (unpaired) electrons. The number of carboxylic acids is 1. The molecule has 1 aromatic carbocycles. The third-order valence-electron chi connectivity index (χ3n) is 4.79. The average molecular weight is 378 g/mol. The molecule has 1 saturated heterocycles. The van der Waals surface area contributed by atoms with Crippen molar-refractivity contribution >= 4 is 23.5 Å². The fourth-order valence-corrected chi connectivity index (χ4v) is 3.68. The molecule has 2 heterocycles. The van der Waals surface area contributed by atoms with Crippen LogP contribution in [0.2, 0.25) is 5.02 Å². The highest BCUT2D eigenvalue weighted by Crippen LogP contribution is 2.39. The molecular weight excluding hydrogens is 358 g/mol. The molecule has 0 aliphatic carbocycles. The molecule has 7 heteroatoms. The molecule has 1 amide bonds. The zero-order valence-electron chi connectivity index (χ0n) is 14.4. The van der Waals surface area contributed by atoms with Crippen molar-refractivity contribution in [2.75, 3.05) is 13.2 Å². The SMILES string of the molecule is Cc1oc(CNC(=O)C2(c3ccccc3Cl)CCOCC2)cc1C(=O)O. The molecular formula is C19H20ClNO5. The first kappa shape index (κ1) is 18.5. The van der Waals surface area contributed by atoms with Crippen LogP contribution in [0.3, 0.4) is 0 Å². The Bertz CT molecular complexity index is 823. The monoisotopic (exact) mass is 377 g/mol. The summed E-state index contributed by atoms with van der Waals surface area (Å²) in [6, 6.07) is 8.77. The van der Waals surface area contributed by atoms with Crippen LogP contribution < -0.4 is 5.32 Å². The van der Waals surface area contributed by atoms with Gasteiger partial charge in [0.1, 0.15) is 17.1 Å². The first-order valence-corrected chi connectivity index (χ1v) is 8.75. The molecule has 1 aliphatic heterocycles. The van der Waals surface area contributed by atoms with Crippen molar-refractivity contribution in [1.82, 2.24) is 5.32 Å². The van der Waals surface area contributed by atoms with Gasteiger partial charge in [0.05, 0.1) is 12.0 Å². The molecule has 138 valence electrons. The molecule has 26 heavy (non-hydrogen) atoms. The van der Waals surface area contributed by atoms with E-state index in [1.807, 2.05) is 18.2 Å². The lowest BCUT2D eigenvalue weighted by Gasteiger charge is -2.36. The van der Waals surface area contributed by atoms with E-state index in [0.29, 0.717) is 42.6 Å². The number of nitrogens with one attached hydrogen (secondary N) is 1. The third kappa shape index (κ3) is 3.48. The predicted molar refractivity (Wildman–Crippen MR) is 95.4 cm³/mol. The number of hydrogen-bond acceptors (Lipinski definition) is 4. The van der Waals surface area contributed by atoms with E-state index in [-0.39, 0.29) is 18.0 Å². The number of ether oxygens (including phenoxy) is 1. The molecule has 6 nitrogen and oxygen atoms in total. The number of aromatic carboxylic acids is 1. The summed E-state index contributed by atoms with van der Waals surface area (Å²) < 4.78 is 10.9. The molecule has 1 aromatic heterocycles. The molecule has 0 atom stereocenters. The quantitative estimate of drug-likeness (QED) is 0.834. The van der Waals surface area contributed by atoms with Crippen LogP contribution in [0, 0.1) is 6.92 Å². The molecule has 1 aliphatic rings. The highest BCUT2D eigenvalue weighted by atomic mass is 35.5. The second-order valence-corrected chi connectivity index (χ2v) is 6.75. The summed E-state index contributed by atoms with van der Waals surface area (Å²) >= 11 is 6.36. The number of carboxylic acid groups (broad SMARTS) is 1. The molecule has 3 rings (SSSR count). The van der Waals surface area contributed by atoms with Gasteiger partial charge < -0.3 is 19.6 Å². The van der Waals surface area contributed by atoms with Crippen LogP contribution in [-0.4, -0.2) is 30.2 Å². The van der Waals surface area contributed by atoms with Crippen molar-refractivity contribution in [2.45, 2.75) is 31.7 Å². The summed E-state index contributed by atoms with van der Waals surface area (Å²) in [5, 5.41) is 12.5. The molecule has 0 spiro atoms. The van der Waals surface area contributed by atoms with Crippen LogP contribution in [0.25, 0.3) is 0 Å². The van der Waals surface area contributed by atoms with Crippen molar-refractivity contribution in [3.8, 4) is 0 Å². The van der Waals surface area contributed by atoms with E-state index < -0.39 is 11.4 Å². The van der Waals surface area contributed by atoms with Gasteiger partial charge in [-0.2, -0.15) is 0 Å². The van der Waals surface area contributed by atoms with Crippen LogP contribution in [0.15, 0.2) is 34.7 Å². The summed E-state index contributed by atoms with van der Waals surface area (Å²) in [4.78, 5) is 24.2. The molecule has 0 saturated carbocycles. The minimum absolute atomic E-state index is 0.0983. The number of carbonyl (C=O) groups excluding carboxylic acids is 1. The van der Waals surface area contributed by atoms with Crippen molar-refractivity contribution in [3.05, 3.63) is 58.0 Å². The number of aryl methyl sites for hydroxylation is 1. The number of benzene rings is 1. The number of rotatable bonds is 5. The lowest BCUT2D eigenvalue weighted by atomic mass is 9.73. The van der Waals surface area contributed by atoms with Gasteiger partial charge in [-0.05, 0) is 37.5 Å². The van der Waals surface area contributed by atoms with Crippen molar-refractivity contribution in [2.24, 2.45) is 0 Å². The summed E-state index contributed by atoms with van der Waals surface area (Å²) in [5.74, 6) is -0.510. The van der Waals surface area contributed by atoms with Gasteiger partial charge in [-0.3, -0.25) is 4.79 Å². The van der Waals surface area contributed by atoms with Gasteiger partial charge in [-0.1, -0.05) is 29.8 Å². The normalized spacial score (nSPS) is 16.2. The van der Waals surface area contributed by atoms with Crippen LogP contribution in [-0.2, 0) is 21.5 Å². The standard InChI is InChI=1S/C19H20ClNO5/c1-12-14(17(22)23)10-13(26-12)11-21-18(24)19(6-8-25-9-7-19)15-4-2-3-5-16(15)20/h2-5,10H,6-9,11H2,1H3,(H,21,24)(H,22,23). The second-order valence-electron chi connectivity index (χ2n) is 6.34. The smallest absolute Gasteiger partial charge is 0.339 e. The number of halogens is 1. The molecule has 0 bridgehead atoms. The number of carbonyl (C=O) groups is 2. The molecule has 0 unspecified atom stereocenters. The maximum Gasteiger partial charge on any atom is 0.339 e. The number of amides is 1. The first-order valence-electron chi connectivity index (χ1n) is 8.38. The predicted octanol–water partition coefficient (Wildman–Crippen LogP) is 3.30. The summed E-state index contributed by atoms with van der Waals surface area (Å²) in [6.45, 7) is 2.64. The Morgan fingerprint density at radius 1 is 1.27 bits per heavy atom. The fourth-order valence-electron chi connectivity index (χ4n) is 3.37. The lowest BCUT2D eigenvalue weighted by Crippen LogP contribution is -2.48. The summed E-state index contributed by atoms with van der Waals surface area (Å²) in [7, 11) is 0. The third-order valence-corrected chi connectivity index (χ3v) is 5.12. The summed E-state index contributed by atoms with van der Waals surface area (Å²) in [6.07, 6.45) is 1.06. The highest BCUT2D eigenvalue weighted by molar-refractivity contribution is 6.31. The van der Waals surface area contributed by atoms with Gasteiger partial charge >= 0.3 is 5.97 Å². The van der Waals surface area contributed by atoms with Gasteiger partial charge in [0.2, 0.25) is 5.91 Å². The van der Waals surface area contributed by atoms with E-state index in [4.69, 9.17) is 25.9 Å². The zero-order valence-corrected chi connectivity index (χ0v) is 15.1. The minimum Gasteiger partial charge on any atom is -0.478 e. The van der Waals surface area contributed by atoms with Crippen molar-refractivity contribution in [3.63, 3.8) is 0 Å². The fraction of sp³-hybridized carbons (Fsp3) is 0.368. The molecule has 2 N–H and O–H groups in total. The van der Waals surface area contributed by atoms with Crippen molar-refractivity contribution in [1.29, 1.82) is 0 Å². The van der Waals surface area contributed by atoms with E-state index in [9.17, 15) is 9.59 Å². The largest absolute Gasteiger partial charge is 0.478 e. The van der Waals surface area contributed by atoms with Crippen LogP contribution in [0.4, 0.5) is 0 Å². The maximum atomic E-state index is 13.1. The Hall–Kier alpha value is -2.31. The first-order chi connectivity index (χ1) is 12.4. The summed E-state index contributed by atoms with van der Waals surface area (Å²) in [5.41, 5.74) is 0.110.